The smallest absolute Gasteiger partial charge is 0.143 e. The first kappa shape index (κ1) is 31.8. The molecule has 0 atom stereocenters. The van der Waals surface area contributed by atoms with E-state index in [0.717, 1.165) is 38.6 Å². The summed E-state index contributed by atoms with van der Waals surface area (Å²) in [7, 11) is 0. The molecule has 0 amide bonds. The molecule has 11 aromatic rings. The highest BCUT2D eigenvalue weighted by molar-refractivity contribution is 6.25. The van der Waals surface area contributed by atoms with Crippen LogP contribution in [0.4, 0.5) is 0 Å². The van der Waals surface area contributed by atoms with Crippen LogP contribution in [0.5, 0.6) is 0 Å². The minimum absolute atomic E-state index is 0.913. The van der Waals surface area contributed by atoms with Crippen LogP contribution in [0.3, 0.4) is 0 Å². The molecular weight excluding hydrogens is 689 g/mol. The van der Waals surface area contributed by atoms with Gasteiger partial charge in [0.2, 0.25) is 0 Å². The summed E-state index contributed by atoms with van der Waals surface area (Å²) in [5.41, 5.74) is 18.8. The molecule has 0 radical (unpaired) electrons. The van der Waals surface area contributed by atoms with Gasteiger partial charge in [0.05, 0.1) is 0 Å². The molecular formula is C56H34O. The summed E-state index contributed by atoms with van der Waals surface area (Å²) in [6.07, 6.45) is 0. The first-order chi connectivity index (χ1) is 28.3. The van der Waals surface area contributed by atoms with E-state index in [2.05, 4.69) is 206 Å². The number of benzene rings is 10. The molecule has 0 saturated carbocycles. The number of hydrogen-bond donors (Lipinski definition) is 0. The fourth-order valence-corrected chi connectivity index (χ4v) is 9.61. The Morgan fingerprint density at radius 3 is 1.11 bits per heavy atom. The van der Waals surface area contributed by atoms with Crippen molar-refractivity contribution in [1.29, 1.82) is 0 Å². The summed E-state index contributed by atoms with van der Waals surface area (Å²) in [5.74, 6) is 0. The lowest BCUT2D eigenvalue weighted by molar-refractivity contribution is 0.671. The number of furan rings is 1. The van der Waals surface area contributed by atoms with Gasteiger partial charge in [0.25, 0.3) is 0 Å². The summed E-state index contributed by atoms with van der Waals surface area (Å²) in [5, 5.41) is 7.09. The van der Waals surface area contributed by atoms with Crippen LogP contribution in [0.2, 0.25) is 0 Å². The van der Waals surface area contributed by atoms with Gasteiger partial charge < -0.3 is 4.42 Å². The van der Waals surface area contributed by atoms with Crippen LogP contribution in [-0.2, 0) is 0 Å². The number of fused-ring (bicyclic) bond motifs is 13. The van der Waals surface area contributed by atoms with E-state index in [4.69, 9.17) is 4.42 Å². The van der Waals surface area contributed by atoms with Crippen molar-refractivity contribution in [3.63, 3.8) is 0 Å². The van der Waals surface area contributed by atoms with Gasteiger partial charge in [0, 0.05) is 27.5 Å². The van der Waals surface area contributed by atoms with Crippen molar-refractivity contribution in [2.75, 3.05) is 0 Å². The normalized spacial score (nSPS) is 11.9. The van der Waals surface area contributed by atoms with Crippen LogP contribution < -0.4 is 0 Å². The van der Waals surface area contributed by atoms with Crippen molar-refractivity contribution in [2.24, 2.45) is 0 Å². The Hall–Kier alpha value is -7.48. The van der Waals surface area contributed by atoms with Gasteiger partial charge in [-0.1, -0.05) is 200 Å². The summed E-state index contributed by atoms with van der Waals surface area (Å²) in [6.45, 7) is 0. The molecule has 1 nitrogen and oxygen atoms in total. The fraction of sp³-hybridized carbons (Fsp3) is 0. The van der Waals surface area contributed by atoms with E-state index >= 15 is 0 Å². The van der Waals surface area contributed by atoms with Crippen molar-refractivity contribution >= 4 is 43.5 Å². The molecule has 1 heterocycles. The van der Waals surface area contributed by atoms with Crippen LogP contribution in [0, 0.1) is 0 Å². The van der Waals surface area contributed by atoms with Crippen LogP contribution in [0.1, 0.15) is 0 Å². The third-order valence-electron chi connectivity index (χ3n) is 12.1. The molecule has 12 rings (SSSR count). The average Bonchev–Trinajstić information content (AvgIpc) is 3.67. The molecule has 57 heavy (non-hydrogen) atoms. The lowest BCUT2D eigenvalue weighted by atomic mass is 9.79. The van der Waals surface area contributed by atoms with E-state index in [1.54, 1.807) is 0 Å². The van der Waals surface area contributed by atoms with Gasteiger partial charge in [0.1, 0.15) is 11.2 Å². The Bertz CT molecular complexity index is 3340. The molecule has 1 aromatic heterocycles. The zero-order valence-electron chi connectivity index (χ0n) is 31.0. The van der Waals surface area contributed by atoms with E-state index in [-0.39, 0.29) is 0 Å². The molecule has 0 spiro atoms. The summed E-state index contributed by atoms with van der Waals surface area (Å²) < 4.78 is 7.01. The van der Waals surface area contributed by atoms with Crippen molar-refractivity contribution < 1.29 is 4.42 Å². The second-order valence-electron chi connectivity index (χ2n) is 15.1. The number of hydrogen-bond acceptors (Lipinski definition) is 1. The number of para-hydroxylation sites is 2. The topological polar surface area (TPSA) is 13.1 Å². The molecule has 1 aliphatic rings. The van der Waals surface area contributed by atoms with E-state index < -0.39 is 0 Å². The maximum atomic E-state index is 7.01. The van der Waals surface area contributed by atoms with Gasteiger partial charge in [-0.3, -0.25) is 0 Å². The largest absolute Gasteiger partial charge is 0.455 e. The highest BCUT2D eigenvalue weighted by atomic mass is 16.3. The second-order valence-corrected chi connectivity index (χ2v) is 15.1. The van der Waals surface area contributed by atoms with Gasteiger partial charge in [-0.15, -0.1) is 0 Å². The molecule has 0 aliphatic heterocycles. The second kappa shape index (κ2) is 12.5. The standard InChI is InChI=1S/C56H34O/c1-2-16-35(17-3-1)37-28-14-29-49-50-30-15-31-51(56(50)57-55(37)49)54-47-26-12-10-24-45(47)53(46-25-11-13-27-48(46)54)36-32-33-44-42-22-7-6-20-40(42)38-18-4-5-19-39(38)41-21-8-9-23-43(41)52(44)34-36/h1-34H. The van der Waals surface area contributed by atoms with E-state index in [0.29, 0.717) is 0 Å². The van der Waals surface area contributed by atoms with Crippen molar-refractivity contribution in [1.82, 2.24) is 0 Å². The first-order valence-electron chi connectivity index (χ1n) is 19.7. The molecule has 0 bridgehead atoms. The average molecular weight is 723 g/mol. The molecule has 0 N–H and O–H groups in total. The molecule has 1 aliphatic carbocycles. The lowest BCUT2D eigenvalue weighted by Crippen LogP contribution is -1.97. The van der Waals surface area contributed by atoms with Crippen LogP contribution >= 0.6 is 0 Å². The Kier molecular flexibility index (Phi) is 7.00. The maximum Gasteiger partial charge on any atom is 0.143 e. The molecule has 0 unspecified atom stereocenters. The fourth-order valence-electron chi connectivity index (χ4n) is 9.61. The Labute approximate surface area is 330 Å². The quantitative estimate of drug-likeness (QED) is 0.166. The van der Waals surface area contributed by atoms with Gasteiger partial charge in [0.15, 0.2) is 0 Å². The molecule has 10 aromatic carbocycles. The predicted molar refractivity (Wildman–Crippen MR) is 240 cm³/mol. The maximum absolute atomic E-state index is 7.01. The van der Waals surface area contributed by atoms with Crippen LogP contribution in [-0.4, -0.2) is 0 Å². The van der Waals surface area contributed by atoms with Gasteiger partial charge >= 0.3 is 0 Å². The molecule has 264 valence electrons. The monoisotopic (exact) mass is 722 g/mol. The Morgan fingerprint density at radius 1 is 0.211 bits per heavy atom. The van der Waals surface area contributed by atoms with E-state index in [9.17, 15) is 0 Å². The number of rotatable bonds is 3. The van der Waals surface area contributed by atoms with E-state index in [1.807, 2.05) is 0 Å². The summed E-state index contributed by atoms with van der Waals surface area (Å²) >= 11 is 0. The van der Waals surface area contributed by atoms with Gasteiger partial charge in [-0.2, -0.15) is 0 Å². The zero-order valence-corrected chi connectivity index (χ0v) is 31.0. The van der Waals surface area contributed by atoms with Crippen LogP contribution in [0.25, 0.3) is 121 Å². The third kappa shape index (κ3) is 4.76. The predicted octanol–water partition coefficient (Wildman–Crippen LogP) is 15.9. The van der Waals surface area contributed by atoms with Gasteiger partial charge in [-0.05, 0) is 88.8 Å². The lowest BCUT2D eigenvalue weighted by Gasteiger charge is -2.24. The Morgan fingerprint density at radius 2 is 0.579 bits per heavy atom. The Balaban J connectivity index is 1.14. The van der Waals surface area contributed by atoms with Crippen molar-refractivity contribution in [2.45, 2.75) is 0 Å². The SMILES string of the molecule is c1ccc(-c2cccc3c2oc2c(-c4c5ccccc5c(-c5ccc6c(c5)-c5ccccc5-c5ccccc5-c5ccccc5-6)c5ccccc45)cccc23)cc1. The highest BCUT2D eigenvalue weighted by Crippen LogP contribution is 2.51. The van der Waals surface area contributed by atoms with Crippen molar-refractivity contribution in [3.05, 3.63) is 206 Å². The summed E-state index contributed by atoms with van der Waals surface area (Å²) in [6, 6.07) is 75.2. The molecule has 0 fully saturated rings. The van der Waals surface area contributed by atoms with Crippen LogP contribution in [0.15, 0.2) is 211 Å². The molecule has 0 saturated heterocycles. The minimum Gasteiger partial charge on any atom is -0.455 e. The minimum atomic E-state index is 0.913. The van der Waals surface area contributed by atoms with E-state index in [1.165, 1.54) is 82.7 Å². The van der Waals surface area contributed by atoms with Crippen molar-refractivity contribution in [3.8, 4) is 77.9 Å². The summed E-state index contributed by atoms with van der Waals surface area (Å²) in [4.78, 5) is 0. The highest BCUT2D eigenvalue weighted by Gasteiger charge is 2.25. The first-order valence-corrected chi connectivity index (χ1v) is 19.7. The van der Waals surface area contributed by atoms with Gasteiger partial charge in [-0.25, -0.2) is 0 Å². The zero-order chi connectivity index (χ0) is 37.5. The third-order valence-corrected chi connectivity index (χ3v) is 12.1. The molecule has 1 heteroatoms.